The number of fused-ring (bicyclic) bond motifs is 1. The van der Waals surface area contributed by atoms with Gasteiger partial charge in [0.25, 0.3) is 11.8 Å². The molecule has 1 aliphatic carbocycles. The molecule has 2 unspecified atom stereocenters. The number of hydrogen-bond acceptors (Lipinski definition) is 6. The maximum absolute atomic E-state index is 12.3. The molecule has 4 amide bonds. The first-order valence-electron chi connectivity index (χ1n) is 8.85. The monoisotopic (exact) mass is 375 g/mol. The fourth-order valence-corrected chi connectivity index (χ4v) is 3.63. The summed E-state index contributed by atoms with van der Waals surface area (Å²) in [4.78, 5) is 61.1. The number of esters is 1. The topological polar surface area (TPSA) is 115 Å². The molecule has 0 spiro atoms. The van der Waals surface area contributed by atoms with Gasteiger partial charge in [-0.05, 0) is 25.0 Å². The number of aromatic nitrogens is 1. The predicted octanol–water partition coefficient (Wildman–Crippen LogP) is -0.000100. The van der Waals surface area contributed by atoms with Crippen LogP contribution >= 0.6 is 0 Å². The Morgan fingerprint density at radius 3 is 2.33 bits per heavy atom. The predicted molar refractivity (Wildman–Crippen MR) is 91.0 cm³/mol. The van der Waals surface area contributed by atoms with Gasteiger partial charge in [-0.2, -0.15) is 0 Å². The second-order valence-electron chi connectivity index (χ2n) is 6.80. The average molecular weight is 375 g/mol. The molecule has 2 fully saturated rings. The fourth-order valence-electron chi connectivity index (χ4n) is 3.63. The highest BCUT2D eigenvalue weighted by Gasteiger charge is 2.48. The normalized spacial score (nSPS) is 21.7. The number of aryl methyl sites for hydroxylation is 1. The number of ether oxygens (including phenoxy) is 1. The lowest BCUT2D eigenvalue weighted by atomic mass is 9.81. The molecule has 1 N–H and O–H groups in total. The van der Waals surface area contributed by atoms with Crippen molar-refractivity contribution in [3.63, 3.8) is 0 Å². The summed E-state index contributed by atoms with van der Waals surface area (Å²) in [5.74, 6) is -3.64. The lowest BCUT2D eigenvalue weighted by Crippen LogP contribution is -2.39. The van der Waals surface area contributed by atoms with Gasteiger partial charge in [0.05, 0.1) is 11.8 Å². The van der Waals surface area contributed by atoms with E-state index in [-0.39, 0.29) is 29.3 Å². The average Bonchev–Trinajstić information content (AvgIpc) is 3.18. The van der Waals surface area contributed by atoms with E-state index in [1.54, 1.807) is 29.9 Å². The number of carbonyl (C=O) groups excluding carboxylic acids is 5. The minimum Gasteiger partial charge on any atom is -0.454 e. The minimum atomic E-state index is -0.864. The SMILES string of the molecule is Cn1cccc1C(=O)NC(=O)COC(=O)CN1C(=O)C2CCCCC2C1=O. The molecule has 1 aliphatic heterocycles. The van der Waals surface area contributed by atoms with Crippen LogP contribution in [0, 0.1) is 11.8 Å². The summed E-state index contributed by atoms with van der Waals surface area (Å²) in [6, 6.07) is 3.19. The molecule has 1 saturated carbocycles. The van der Waals surface area contributed by atoms with Gasteiger partial charge in [0.1, 0.15) is 12.2 Å². The van der Waals surface area contributed by atoms with Gasteiger partial charge in [0.2, 0.25) is 11.8 Å². The Labute approximate surface area is 155 Å². The number of rotatable bonds is 5. The number of nitrogens with one attached hydrogen (secondary N) is 1. The number of imide groups is 2. The Morgan fingerprint density at radius 1 is 1.15 bits per heavy atom. The van der Waals surface area contributed by atoms with Crippen molar-refractivity contribution in [3.8, 4) is 0 Å². The van der Waals surface area contributed by atoms with Crippen molar-refractivity contribution >= 4 is 29.6 Å². The van der Waals surface area contributed by atoms with E-state index in [1.807, 2.05) is 0 Å². The zero-order valence-corrected chi connectivity index (χ0v) is 15.0. The number of hydrogen-bond donors (Lipinski definition) is 1. The van der Waals surface area contributed by atoms with Gasteiger partial charge in [0.15, 0.2) is 6.61 Å². The van der Waals surface area contributed by atoms with E-state index < -0.39 is 30.9 Å². The molecule has 9 nitrogen and oxygen atoms in total. The van der Waals surface area contributed by atoms with E-state index in [0.717, 1.165) is 17.7 Å². The van der Waals surface area contributed by atoms with E-state index in [1.165, 1.54) is 0 Å². The van der Waals surface area contributed by atoms with Crippen molar-refractivity contribution in [2.24, 2.45) is 18.9 Å². The molecule has 3 rings (SSSR count). The Balaban J connectivity index is 1.47. The van der Waals surface area contributed by atoms with Crippen molar-refractivity contribution in [1.29, 1.82) is 0 Å². The van der Waals surface area contributed by atoms with Crippen LogP contribution in [0.4, 0.5) is 0 Å². The summed E-state index contributed by atoms with van der Waals surface area (Å²) in [5, 5.41) is 2.11. The molecule has 27 heavy (non-hydrogen) atoms. The standard InChI is InChI=1S/C18H21N3O6/c1-20-8-4-7-13(20)16(24)19-14(22)10-27-15(23)9-21-17(25)11-5-2-3-6-12(11)18(21)26/h4,7-8,11-12H,2-3,5-6,9-10H2,1H3,(H,19,22,24). The van der Waals surface area contributed by atoms with Gasteiger partial charge < -0.3 is 9.30 Å². The lowest BCUT2D eigenvalue weighted by molar-refractivity contribution is -0.154. The van der Waals surface area contributed by atoms with Gasteiger partial charge in [-0.15, -0.1) is 0 Å². The first-order valence-corrected chi connectivity index (χ1v) is 8.85. The highest BCUT2D eigenvalue weighted by Crippen LogP contribution is 2.37. The number of likely N-dealkylation sites (tertiary alicyclic amines) is 1. The first kappa shape index (κ1) is 18.8. The lowest BCUT2D eigenvalue weighted by Gasteiger charge is -2.19. The molecule has 2 heterocycles. The molecule has 0 aromatic carbocycles. The molecule has 2 aliphatic rings. The van der Waals surface area contributed by atoms with Gasteiger partial charge >= 0.3 is 5.97 Å². The maximum atomic E-state index is 12.3. The van der Waals surface area contributed by atoms with Crippen molar-refractivity contribution in [2.75, 3.05) is 13.2 Å². The van der Waals surface area contributed by atoms with Crippen LogP contribution in [0.5, 0.6) is 0 Å². The van der Waals surface area contributed by atoms with Crippen molar-refractivity contribution < 1.29 is 28.7 Å². The molecular formula is C18H21N3O6. The van der Waals surface area contributed by atoms with Crippen LogP contribution in [-0.2, 0) is 31.0 Å². The van der Waals surface area contributed by atoms with Crippen LogP contribution < -0.4 is 5.32 Å². The summed E-state index contributed by atoms with van der Waals surface area (Å²) >= 11 is 0. The number of amides is 4. The summed E-state index contributed by atoms with van der Waals surface area (Å²) in [7, 11) is 1.65. The van der Waals surface area contributed by atoms with Gasteiger partial charge in [-0.1, -0.05) is 12.8 Å². The van der Waals surface area contributed by atoms with E-state index in [2.05, 4.69) is 5.32 Å². The Bertz CT molecular complexity index is 775. The number of carbonyl (C=O) groups is 5. The van der Waals surface area contributed by atoms with Gasteiger partial charge in [-0.25, -0.2) is 0 Å². The van der Waals surface area contributed by atoms with Crippen LogP contribution in [0.25, 0.3) is 0 Å². The highest BCUT2D eigenvalue weighted by molar-refractivity contribution is 6.07. The molecule has 2 atom stereocenters. The largest absolute Gasteiger partial charge is 0.454 e. The smallest absolute Gasteiger partial charge is 0.326 e. The third-order valence-electron chi connectivity index (χ3n) is 5.01. The van der Waals surface area contributed by atoms with Crippen molar-refractivity contribution in [1.82, 2.24) is 14.8 Å². The zero-order valence-electron chi connectivity index (χ0n) is 15.0. The molecular weight excluding hydrogens is 354 g/mol. The summed E-state index contributed by atoms with van der Waals surface area (Å²) in [6.45, 7) is -1.18. The highest BCUT2D eigenvalue weighted by atomic mass is 16.5. The maximum Gasteiger partial charge on any atom is 0.326 e. The fraction of sp³-hybridized carbons (Fsp3) is 0.500. The van der Waals surface area contributed by atoms with E-state index in [0.29, 0.717) is 12.8 Å². The van der Waals surface area contributed by atoms with Crippen LogP contribution in [0.15, 0.2) is 18.3 Å². The Morgan fingerprint density at radius 2 is 1.78 bits per heavy atom. The van der Waals surface area contributed by atoms with Crippen molar-refractivity contribution in [3.05, 3.63) is 24.0 Å². The molecule has 1 saturated heterocycles. The first-order chi connectivity index (χ1) is 12.9. The minimum absolute atomic E-state index is 0.283. The molecule has 144 valence electrons. The van der Waals surface area contributed by atoms with E-state index in [9.17, 15) is 24.0 Å². The molecule has 0 bridgehead atoms. The van der Waals surface area contributed by atoms with Crippen LogP contribution in [0.2, 0.25) is 0 Å². The molecule has 1 aromatic heterocycles. The third-order valence-corrected chi connectivity index (χ3v) is 5.01. The Hall–Kier alpha value is -2.97. The quantitative estimate of drug-likeness (QED) is 0.572. The van der Waals surface area contributed by atoms with Crippen LogP contribution in [0.3, 0.4) is 0 Å². The van der Waals surface area contributed by atoms with Crippen LogP contribution in [-0.4, -0.2) is 52.2 Å². The zero-order chi connectivity index (χ0) is 19.6. The molecule has 0 radical (unpaired) electrons. The van der Waals surface area contributed by atoms with E-state index >= 15 is 0 Å². The van der Waals surface area contributed by atoms with Gasteiger partial charge in [0, 0.05) is 13.2 Å². The second kappa shape index (κ2) is 7.73. The number of nitrogens with zero attached hydrogens (tertiary/aromatic N) is 2. The summed E-state index contributed by atoms with van der Waals surface area (Å²) < 4.78 is 6.35. The van der Waals surface area contributed by atoms with E-state index in [4.69, 9.17) is 4.74 Å². The molecule has 9 heteroatoms. The summed E-state index contributed by atoms with van der Waals surface area (Å²) in [6.07, 6.45) is 4.76. The van der Waals surface area contributed by atoms with Crippen LogP contribution in [0.1, 0.15) is 36.2 Å². The summed E-state index contributed by atoms with van der Waals surface area (Å²) in [5.41, 5.74) is 0.283. The second-order valence-corrected chi connectivity index (χ2v) is 6.80. The molecule has 1 aromatic rings. The third kappa shape index (κ3) is 3.91. The van der Waals surface area contributed by atoms with Crippen molar-refractivity contribution in [2.45, 2.75) is 25.7 Å². The van der Waals surface area contributed by atoms with Gasteiger partial charge in [-0.3, -0.25) is 34.2 Å². The Kier molecular flexibility index (Phi) is 5.38.